The van der Waals surface area contributed by atoms with Crippen LogP contribution in [-0.4, -0.2) is 51.3 Å². The minimum atomic E-state index is -4.03. The quantitative estimate of drug-likeness (QED) is 0.587. The third-order valence-corrected chi connectivity index (χ3v) is 7.22. The molecule has 13 heteroatoms. The lowest BCUT2D eigenvalue weighted by Crippen LogP contribution is -2.36. The Labute approximate surface area is 193 Å². The molecule has 2 aliphatic heterocycles. The first-order chi connectivity index (χ1) is 15.2. The molecular weight excluding hydrogens is 486 g/mol. The summed E-state index contributed by atoms with van der Waals surface area (Å²) >= 11 is 12.2. The first-order valence-electron chi connectivity index (χ1n) is 9.77. The highest BCUT2D eigenvalue weighted by atomic mass is 35.5. The number of hydrogen-bond acceptors (Lipinski definition) is 9. The molecule has 32 heavy (non-hydrogen) atoms. The molecule has 2 aliphatic rings. The molecule has 0 bridgehead atoms. The van der Waals surface area contributed by atoms with Crippen molar-refractivity contribution in [1.82, 2.24) is 9.55 Å². The maximum absolute atomic E-state index is 13.0. The molecule has 2 saturated heterocycles. The van der Waals surface area contributed by atoms with E-state index in [1.165, 1.54) is 6.20 Å². The Morgan fingerprint density at radius 1 is 1.28 bits per heavy atom. The summed E-state index contributed by atoms with van der Waals surface area (Å²) in [7, 11) is -4.03. The zero-order valence-electron chi connectivity index (χ0n) is 16.8. The number of aliphatic hydroxyl groups excluding tert-OH is 2. The van der Waals surface area contributed by atoms with E-state index in [2.05, 4.69) is 4.98 Å². The molecule has 2 aromatic rings. The van der Waals surface area contributed by atoms with Crippen LogP contribution in [0.2, 0.25) is 10.0 Å². The highest BCUT2D eigenvalue weighted by Crippen LogP contribution is 2.57. The molecule has 10 nitrogen and oxygen atoms in total. The molecule has 4 rings (SSSR count). The van der Waals surface area contributed by atoms with Crippen LogP contribution in [0.5, 0.6) is 0 Å². The number of aromatic nitrogens is 2. The van der Waals surface area contributed by atoms with Crippen LogP contribution in [0.3, 0.4) is 0 Å². The lowest BCUT2D eigenvalue weighted by molar-refractivity contribution is -0.0609. The lowest BCUT2D eigenvalue weighted by Gasteiger charge is -2.30. The van der Waals surface area contributed by atoms with Gasteiger partial charge >= 0.3 is 13.5 Å². The summed E-state index contributed by atoms with van der Waals surface area (Å²) in [6, 6.07) is 6.41. The number of rotatable bonds is 5. The summed E-state index contributed by atoms with van der Waals surface area (Å²) in [4.78, 5) is 15.9. The summed E-state index contributed by atoms with van der Waals surface area (Å²) in [6.45, 7) is 1.30. The van der Waals surface area contributed by atoms with E-state index in [9.17, 15) is 19.6 Å². The molecule has 174 valence electrons. The fourth-order valence-electron chi connectivity index (χ4n) is 3.50. The molecule has 6 atom stereocenters. The van der Waals surface area contributed by atoms with Gasteiger partial charge in [0.05, 0.1) is 19.3 Å². The van der Waals surface area contributed by atoms with E-state index >= 15 is 0 Å². The normalized spacial score (nSPS) is 32.8. The maximum atomic E-state index is 13.0. The van der Waals surface area contributed by atoms with Gasteiger partial charge in [0.2, 0.25) is 0 Å². The molecule has 2 N–H and O–H groups in total. The van der Waals surface area contributed by atoms with Crippen LogP contribution >= 0.6 is 31.0 Å². The summed E-state index contributed by atoms with van der Waals surface area (Å²) in [5.41, 5.74) is 0.402. The number of phosphoric ester groups is 1. The van der Waals surface area contributed by atoms with Crippen molar-refractivity contribution in [3.8, 4) is 0 Å². The van der Waals surface area contributed by atoms with E-state index in [0.717, 1.165) is 4.57 Å². The molecule has 0 saturated carbocycles. The van der Waals surface area contributed by atoms with Crippen LogP contribution in [0.15, 0.2) is 35.3 Å². The first kappa shape index (κ1) is 23.8. The lowest BCUT2D eigenvalue weighted by atomic mass is 10.1. The van der Waals surface area contributed by atoms with Crippen molar-refractivity contribution in [2.24, 2.45) is 0 Å². The number of aliphatic hydroxyl groups is 2. The fraction of sp³-hybridized carbons (Fsp3) is 0.474. The summed E-state index contributed by atoms with van der Waals surface area (Å²) < 4.78 is 35.8. The van der Waals surface area contributed by atoms with Gasteiger partial charge in [-0.25, -0.2) is 9.36 Å². The maximum Gasteiger partial charge on any atom is 0.475 e. The molecule has 2 fully saturated rings. The number of hydrogen-bond donors (Lipinski definition) is 2. The number of halogens is 2. The van der Waals surface area contributed by atoms with Crippen molar-refractivity contribution >= 4 is 31.0 Å². The van der Waals surface area contributed by atoms with Gasteiger partial charge in [-0.2, -0.15) is 4.98 Å². The minimum Gasteiger partial charge on any atom is -0.387 e. The van der Waals surface area contributed by atoms with Crippen LogP contribution in [0.1, 0.15) is 30.0 Å². The highest BCUT2D eigenvalue weighted by Gasteiger charge is 2.46. The molecule has 1 aromatic carbocycles. The number of phosphoric acid groups is 1. The molecule has 0 radical (unpaired) electrons. The van der Waals surface area contributed by atoms with Crippen LogP contribution in [0.25, 0.3) is 0 Å². The van der Waals surface area contributed by atoms with Crippen LogP contribution in [-0.2, 0) is 22.9 Å². The number of aryl methyl sites for hydroxylation is 1. The van der Waals surface area contributed by atoms with Crippen LogP contribution in [0.4, 0.5) is 0 Å². The van der Waals surface area contributed by atoms with E-state index in [4.69, 9.17) is 41.5 Å². The Balaban J connectivity index is 1.44. The smallest absolute Gasteiger partial charge is 0.387 e. The molecule has 1 aromatic heterocycles. The van der Waals surface area contributed by atoms with E-state index in [1.54, 1.807) is 31.2 Å². The third-order valence-electron chi connectivity index (χ3n) is 5.17. The van der Waals surface area contributed by atoms with Gasteiger partial charge in [0.25, 0.3) is 0 Å². The van der Waals surface area contributed by atoms with Gasteiger partial charge < -0.3 is 14.9 Å². The van der Waals surface area contributed by atoms with Crippen molar-refractivity contribution in [2.75, 3.05) is 13.2 Å². The van der Waals surface area contributed by atoms with E-state index in [1.807, 2.05) is 0 Å². The Hall–Kier alpha value is -1.33. The average Bonchev–Trinajstić information content (AvgIpc) is 3.02. The van der Waals surface area contributed by atoms with Gasteiger partial charge in [-0.05, 0) is 31.2 Å². The molecule has 0 spiro atoms. The first-order valence-corrected chi connectivity index (χ1v) is 12.0. The Kier molecular flexibility index (Phi) is 7.07. The van der Waals surface area contributed by atoms with E-state index in [-0.39, 0.29) is 6.61 Å². The monoisotopic (exact) mass is 506 g/mol. The zero-order valence-corrected chi connectivity index (χ0v) is 19.2. The summed E-state index contributed by atoms with van der Waals surface area (Å²) in [6.07, 6.45) is -4.03. The molecular formula is C19H21Cl2N2O8P. The third kappa shape index (κ3) is 4.94. The second kappa shape index (κ2) is 9.50. The van der Waals surface area contributed by atoms with Crippen molar-refractivity contribution in [3.05, 3.63) is 62.2 Å². The highest BCUT2D eigenvalue weighted by molar-refractivity contribution is 7.48. The van der Waals surface area contributed by atoms with Gasteiger partial charge in [0, 0.05) is 33.9 Å². The largest absolute Gasteiger partial charge is 0.475 e. The van der Waals surface area contributed by atoms with Crippen molar-refractivity contribution in [3.63, 3.8) is 0 Å². The molecule has 0 amide bonds. The summed E-state index contributed by atoms with van der Waals surface area (Å²) in [5, 5.41) is 21.5. The number of nitrogens with zero attached hydrogens (tertiary/aromatic N) is 2. The molecule has 0 unspecified atom stereocenters. The van der Waals surface area contributed by atoms with Crippen molar-refractivity contribution in [1.29, 1.82) is 0 Å². The standard InChI is InChI=1S/C19H21Cl2N2O8P/c1-10-4-6-23(19(26)22-10)18-17(25)16(24)15(30-18)9-29-32(27)28-7-5-14(31-32)12-8-11(20)2-3-13(12)21/h2-4,6,8,14-18,24-25H,5,7,9H2,1H3/t14-,15-,16-,17+,18-,32+/m1/s1. The topological polar surface area (TPSA) is 129 Å². The number of benzene rings is 1. The number of ether oxygens (including phenoxy) is 1. The predicted molar refractivity (Wildman–Crippen MR) is 114 cm³/mol. The van der Waals surface area contributed by atoms with Gasteiger partial charge in [-0.1, -0.05) is 23.2 Å². The van der Waals surface area contributed by atoms with Gasteiger partial charge in [-0.3, -0.25) is 18.1 Å². The molecule has 3 heterocycles. The van der Waals surface area contributed by atoms with Crippen LogP contribution < -0.4 is 5.69 Å². The summed E-state index contributed by atoms with van der Waals surface area (Å²) in [5.74, 6) is 0. The SMILES string of the molecule is Cc1ccn([C@@H]2O[C@H](CO[P@]3(=O)OCC[C@H](c4cc(Cl)ccc4Cl)O3)[C@@H](O)[C@@H]2O)c(=O)n1. The minimum absolute atomic E-state index is 0.0779. The average molecular weight is 507 g/mol. The van der Waals surface area contributed by atoms with E-state index < -0.39 is 50.8 Å². The Morgan fingerprint density at radius 2 is 2.06 bits per heavy atom. The Morgan fingerprint density at radius 3 is 2.81 bits per heavy atom. The van der Waals surface area contributed by atoms with Crippen molar-refractivity contribution < 1.29 is 33.1 Å². The van der Waals surface area contributed by atoms with Crippen LogP contribution in [0, 0.1) is 6.92 Å². The van der Waals surface area contributed by atoms with Gasteiger partial charge in [-0.15, -0.1) is 0 Å². The predicted octanol–water partition coefficient (Wildman–Crippen LogP) is 2.78. The fourth-order valence-corrected chi connectivity index (χ4v) is 5.31. The second-order valence-electron chi connectivity index (χ2n) is 7.43. The van der Waals surface area contributed by atoms with E-state index in [0.29, 0.717) is 27.7 Å². The van der Waals surface area contributed by atoms with Gasteiger partial charge in [0.1, 0.15) is 18.3 Å². The van der Waals surface area contributed by atoms with Gasteiger partial charge in [0.15, 0.2) is 6.23 Å². The zero-order chi connectivity index (χ0) is 23.0. The molecule has 0 aliphatic carbocycles. The second-order valence-corrected chi connectivity index (χ2v) is 9.90. The Bertz CT molecular complexity index is 1100. The van der Waals surface area contributed by atoms with Crippen molar-refractivity contribution in [2.45, 2.75) is 44.0 Å².